The van der Waals surface area contributed by atoms with Crippen molar-refractivity contribution in [3.63, 3.8) is 0 Å². The Bertz CT molecular complexity index is 453. The van der Waals surface area contributed by atoms with Crippen LogP contribution in [0.4, 0.5) is 0 Å². The number of hydrogen-bond donors (Lipinski definition) is 1. The second-order valence-corrected chi connectivity index (χ2v) is 3.69. The summed E-state index contributed by atoms with van der Waals surface area (Å²) in [4.78, 5) is 11.7. The van der Waals surface area contributed by atoms with Crippen LogP contribution in [0.3, 0.4) is 0 Å². The van der Waals surface area contributed by atoms with Crippen LogP contribution in [0.2, 0.25) is 0 Å². The fourth-order valence-corrected chi connectivity index (χ4v) is 1.50. The molecule has 1 N–H and O–H groups in total. The van der Waals surface area contributed by atoms with Gasteiger partial charge in [0.05, 0.1) is 24.4 Å². The lowest BCUT2D eigenvalue weighted by molar-refractivity contribution is -0.136. The number of esters is 1. The third-order valence-corrected chi connectivity index (χ3v) is 2.37. The van der Waals surface area contributed by atoms with E-state index in [1.54, 1.807) is 26.2 Å². The van der Waals surface area contributed by atoms with Gasteiger partial charge in [0.25, 0.3) is 0 Å². The van der Waals surface area contributed by atoms with E-state index in [1.165, 1.54) is 6.07 Å². The van der Waals surface area contributed by atoms with Gasteiger partial charge in [0.15, 0.2) is 0 Å². The summed E-state index contributed by atoms with van der Waals surface area (Å²) in [5.41, 5.74) is 0.310. The van der Waals surface area contributed by atoms with E-state index in [9.17, 15) is 9.90 Å². The Morgan fingerprint density at radius 2 is 2.11 bits per heavy atom. The number of methoxy groups -OCH3 is 1. The van der Waals surface area contributed by atoms with Gasteiger partial charge in [-0.2, -0.15) is 0 Å². The Balaban J connectivity index is 2.97. The lowest BCUT2D eigenvalue weighted by atomic mass is 10.1. The van der Waals surface area contributed by atoms with Gasteiger partial charge in [-0.15, -0.1) is 0 Å². The summed E-state index contributed by atoms with van der Waals surface area (Å²) in [6.45, 7) is 6.30. The monoisotopic (exact) mass is 266 g/mol. The lowest BCUT2D eigenvalue weighted by Crippen LogP contribution is -2.09. The smallest absolute Gasteiger partial charge is 0.338 e. The van der Waals surface area contributed by atoms with Gasteiger partial charge in [-0.05, 0) is 19.1 Å². The van der Waals surface area contributed by atoms with Gasteiger partial charge < -0.3 is 19.3 Å². The molecule has 0 radical (unpaired) electrons. The van der Waals surface area contributed by atoms with E-state index in [0.717, 1.165) is 0 Å². The molecule has 0 aliphatic rings. The van der Waals surface area contributed by atoms with Gasteiger partial charge in [0.2, 0.25) is 0 Å². The highest BCUT2D eigenvalue weighted by Gasteiger charge is 2.19. The third kappa shape index (κ3) is 3.99. The van der Waals surface area contributed by atoms with Crippen molar-refractivity contribution in [2.45, 2.75) is 6.92 Å². The SMILES string of the molecule is C=C(C(=O)OCC)c1c(O)cccc1OCCOC. The van der Waals surface area contributed by atoms with E-state index in [2.05, 4.69) is 6.58 Å². The van der Waals surface area contributed by atoms with Crippen molar-refractivity contribution in [3.05, 3.63) is 30.3 Å². The molecule has 0 aliphatic carbocycles. The molecule has 104 valence electrons. The Kier molecular flexibility index (Phi) is 5.89. The fraction of sp³-hybridized carbons (Fsp3) is 0.357. The molecule has 0 heterocycles. The minimum atomic E-state index is -0.583. The van der Waals surface area contributed by atoms with Crippen molar-refractivity contribution in [1.29, 1.82) is 0 Å². The number of ether oxygens (including phenoxy) is 3. The highest BCUT2D eigenvalue weighted by Crippen LogP contribution is 2.33. The summed E-state index contributed by atoms with van der Waals surface area (Å²) in [5, 5.41) is 9.86. The van der Waals surface area contributed by atoms with Crippen LogP contribution >= 0.6 is 0 Å². The molecule has 5 nitrogen and oxygen atoms in total. The Morgan fingerprint density at radius 1 is 1.37 bits per heavy atom. The largest absolute Gasteiger partial charge is 0.507 e. The molecule has 0 saturated carbocycles. The van der Waals surface area contributed by atoms with Gasteiger partial charge in [-0.25, -0.2) is 4.79 Å². The van der Waals surface area contributed by atoms with Gasteiger partial charge in [-0.1, -0.05) is 12.6 Å². The summed E-state index contributed by atoms with van der Waals surface area (Å²) in [7, 11) is 1.56. The number of phenols is 1. The zero-order chi connectivity index (χ0) is 14.3. The average molecular weight is 266 g/mol. The number of aromatic hydroxyl groups is 1. The summed E-state index contributed by atoms with van der Waals surface area (Å²) in [6.07, 6.45) is 0. The van der Waals surface area contributed by atoms with E-state index >= 15 is 0 Å². The number of carbonyl (C=O) groups excluding carboxylic acids is 1. The molecule has 1 rings (SSSR count). The summed E-state index contributed by atoms with van der Waals surface area (Å²) in [5.74, 6) is -0.288. The van der Waals surface area contributed by atoms with Crippen LogP contribution in [-0.4, -0.2) is 38.0 Å². The first-order valence-corrected chi connectivity index (χ1v) is 5.91. The summed E-state index contributed by atoms with van der Waals surface area (Å²) in [6, 6.07) is 4.73. The normalized spacial score (nSPS) is 10.0. The van der Waals surface area contributed by atoms with Gasteiger partial charge >= 0.3 is 5.97 Å². The van der Waals surface area contributed by atoms with Crippen LogP contribution in [0.5, 0.6) is 11.5 Å². The van der Waals surface area contributed by atoms with E-state index in [4.69, 9.17) is 14.2 Å². The first-order chi connectivity index (χ1) is 9.11. The van der Waals surface area contributed by atoms with Crippen LogP contribution in [0, 0.1) is 0 Å². The lowest BCUT2D eigenvalue weighted by Gasteiger charge is -2.13. The molecule has 0 bridgehead atoms. The molecular formula is C14H18O5. The second-order valence-electron chi connectivity index (χ2n) is 3.69. The topological polar surface area (TPSA) is 65.0 Å². The molecule has 0 fully saturated rings. The highest BCUT2D eigenvalue weighted by atomic mass is 16.5. The van der Waals surface area contributed by atoms with Crippen LogP contribution in [0.25, 0.3) is 5.57 Å². The Morgan fingerprint density at radius 3 is 2.74 bits per heavy atom. The molecule has 0 saturated heterocycles. The second kappa shape index (κ2) is 7.43. The quantitative estimate of drug-likeness (QED) is 0.464. The molecule has 1 aromatic rings. The molecular weight excluding hydrogens is 248 g/mol. The van der Waals surface area contributed by atoms with Crippen molar-refractivity contribution < 1.29 is 24.1 Å². The number of hydrogen-bond acceptors (Lipinski definition) is 5. The molecule has 5 heteroatoms. The zero-order valence-electron chi connectivity index (χ0n) is 11.1. The van der Waals surface area contributed by atoms with E-state index in [-0.39, 0.29) is 23.5 Å². The standard InChI is InChI=1S/C14H18O5/c1-4-18-14(16)10(2)13-11(15)6-5-7-12(13)19-9-8-17-3/h5-7,15H,2,4,8-9H2,1,3H3. The maximum absolute atomic E-state index is 11.7. The molecule has 0 unspecified atom stereocenters. The van der Waals surface area contributed by atoms with Crippen molar-refractivity contribution in [2.24, 2.45) is 0 Å². The summed E-state index contributed by atoms with van der Waals surface area (Å²) < 4.78 is 15.2. The molecule has 1 aromatic carbocycles. The van der Waals surface area contributed by atoms with Crippen molar-refractivity contribution in [2.75, 3.05) is 26.9 Å². The number of carbonyl (C=O) groups is 1. The van der Waals surface area contributed by atoms with Crippen LogP contribution in [-0.2, 0) is 14.3 Å². The highest BCUT2D eigenvalue weighted by molar-refractivity contribution is 6.17. The predicted octanol–water partition coefficient (Wildman–Crippen LogP) is 1.99. The van der Waals surface area contributed by atoms with Crippen molar-refractivity contribution in [1.82, 2.24) is 0 Å². The van der Waals surface area contributed by atoms with Crippen molar-refractivity contribution >= 4 is 11.5 Å². The molecule has 19 heavy (non-hydrogen) atoms. The van der Waals surface area contributed by atoms with Gasteiger partial charge in [-0.3, -0.25) is 0 Å². The number of benzene rings is 1. The molecule has 0 atom stereocenters. The minimum Gasteiger partial charge on any atom is -0.507 e. The maximum atomic E-state index is 11.7. The number of rotatable bonds is 7. The van der Waals surface area contributed by atoms with E-state index in [1.807, 2.05) is 0 Å². The van der Waals surface area contributed by atoms with Gasteiger partial charge in [0.1, 0.15) is 18.1 Å². The van der Waals surface area contributed by atoms with Gasteiger partial charge in [0, 0.05) is 7.11 Å². The third-order valence-electron chi connectivity index (χ3n) is 2.37. The average Bonchev–Trinajstić information content (AvgIpc) is 2.39. The number of phenolic OH excluding ortho intramolecular Hbond substituents is 1. The van der Waals surface area contributed by atoms with Crippen LogP contribution in [0.1, 0.15) is 12.5 Å². The zero-order valence-corrected chi connectivity index (χ0v) is 11.1. The molecule has 0 aliphatic heterocycles. The Hall–Kier alpha value is -2.01. The van der Waals surface area contributed by atoms with E-state index < -0.39 is 5.97 Å². The molecule has 0 amide bonds. The molecule has 0 spiro atoms. The van der Waals surface area contributed by atoms with E-state index in [0.29, 0.717) is 19.0 Å². The van der Waals surface area contributed by atoms with Crippen LogP contribution in [0.15, 0.2) is 24.8 Å². The molecule has 0 aromatic heterocycles. The fourth-order valence-electron chi connectivity index (χ4n) is 1.50. The van der Waals surface area contributed by atoms with Crippen LogP contribution < -0.4 is 4.74 Å². The summed E-state index contributed by atoms with van der Waals surface area (Å²) >= 11 is 0. The first-order valence-electron chi connectivity index (χ1n) is 5.91. The predicted molar refractivity (Wildman–Crippen MR) is 71.1 cm³/mol. The maximum Gasteiger partial charge on any atom is 0.338 e. The Labute approximate surface area is 112 Å². The minimum absolute atomic E-state index is 0.0624. The first kappa shape index (κ1) is 15.0. The van der Waals surface area contributed by atoms with Crippen molar-refractivity contribution in [3.8, 4) is 11.5 Å².